The quantitative estimate of drug-likeness (QED) is 0.529. The maximum absolute atomic E-state index is 10.0. The van der Waals surface area contributed by atoms with Gasteiger partial charge in [-0.05, 0) is 93.8 Å². The van der Waals surface area contributed by atoms with Gasteiger partial charge in [0.2, 0.25) is 0 Å². The number of phenolic OH excluding ortho intramolecular Hbond substituents is 2. The molecule has 0 amide bonds. The number of likely N-dealkylation sites (tertiary alicyclic amines) is 1. The van der Waals surface area contributed by atoms with Crippen LogP contribution in [0.2, 0.25) is 0 Å². The van der Waals surface area contributed by atoms with Gasteiger partial charge in [0.1, 0.15) is 17.8 Å². The maximum atomic E-state index is 10.0. The number of nitrogens with one attached hydrogen (secondary N) is 1. The number of rotatable bonds is 3. The summed E-state index contributed by atoms with van der Waals surface area (Å²) in [6.45, 7) is 5.72. The van der Waals surface area contributed by atoms with E-state index in [-0.39, 0.29) is 12.2 Å². The SMILES string of the molecule is C1CCNCC1.O=CO.O=Cc1ccc(O)cc1.Oc1ccc(CN2CCCCC2)cc1. The highest BCUT2D eigenvalue weighted by molar-refractivity contribution is 5.74. The summed E-state index contributed by atoms with van der Waals surface area (Å²) in [6.07, 6.45) is 8.99. The van der Waals surface area contributed by atoms with Crippen molar-refractivity contribution in [3.8, 4) is 11.5 Å². The largest absolute Gasteiger partial charge is 0.508 e. The van der Waals surface area contributed by atoms with E-state index in [1.807, 2.05) is 12.1 Å². The summed E-state index contributed by atoms with van der Waals surface area (Å²) in [4.78, 5) is 20.9. The summed E-state index contributed by atoms with van der Waals surface area (Å²) < 4.78 is 0. The molecule has 0 unspecified atom stereocenters. The molecule has 0 atom stereocenters. The Morgan fingerprint density at radius 2 is 1.22 bits per heavy atom. The molecule has 7 nitrogen and oxygen atoms in total. The lowest BCUT2D eigenvalue weighted by molar-refractivity contribution is -0.122. The van der Waals surface area contributed by atoms with Crippen molar-refractivity contribution in [3.63, 3.8) is 0 Å². The Labute approximate surface area is 190 Å². The van der Waals surface area contributed by atoms with Gasteiger partial charge in [-0.15, -0.1) is 0 Å². The first-order valence-corrected chi connectivity index (χ1v) is 11.1. The van der Waals surface area contributed by atoms with E-state index in [2.05, 4.69) is 10.2 Å². The molecule has 4 rings (SSSR count). The molecule has 0 aromatic heterocycles. The number of phenols is 2. The van der Waals surface area contributed by atoms with Crippen molar-refractivity contribution < 1.29 is 24.9 Å². The molecule has 2 aromatic rings. The molecule has 2 aliphatic heterocycles. The molecule has 0 bridgehead atoms. The number of carbonyl (C=O) groups is 2. The van der Waals surface area contributed by atoms with E-state index < -0.39 is 0 Å². The molecule has 0 spiro atoms. The Bertz CT molecular complexity index is 713. The maximum Gasteiger partial charge on any atom is 0.290 e. The van der Waals surface area contributed by atoms with Crippen LogP contribution in [0.5, 0.6) is 11.5 Å². The van der Waals surface area contributed by atoms with Crippen molar-refractivity contribution in [1.29, 1.82) is 0 Å². The van der Waals surface area contributed by atoms with Gasteiger partial charge < -0.3 is 20.6 Å². The second-order valence-corrected chi connectivity index (χ2v) is 7.63. The van der Waals surface area contributed by atoms with E-state index in [9.17, 15) is 4.79 Å². The van der Waals surface area contributed by atoms with E-state index in [1.165, 1.54) is 82.4 Å². The topological polar surface area (TPSA) is 110 Å². The monoisotopic (exact) mass is 444 g/mol. The summed E-state index contributed by atoms with van der Waals surface area (Å²) in [7, 11) is 0. The number of aromatic hydroxyl groups is 2. The molecule has 0 radical (unpaired) electrons. The molecule has 32 heavy (non-hydrogen) atoms. The third kappa shape index (κ3) is 13.4. The zero-order chi connectivity index (χ0) is 23.4. The number of carboxylic acid groups (broad SMARTS) is 1. The number of benzene rings is 2. The third-order valence-electron chi connectivity index (χ3n) is 5.03. The lowest BCUT2D eigenvalue weighted by Gasteiger charge is -2.26. The van der Waals surface area contributed by atoms with Gasteiger partial charge in [0.25, 0.3) is 6.47 Å². The van der Waals surface area contributed by atoms with E-state index in [1.54, 1.807) is 24.3 Å². The Kier molecular flexibility index (Phi) is 15.0. The van der Waals surface area contributed by atoms with Crippen LogP contribution in [0, 0.1) is 0 Å². The highest BCUT2D eigenvalue weighted by atomic mass is 16.3. The lowest BCUT2D eigenvalue weighted by Crippen LogP contribution is -2.28. The van der Waals surface area contributed by atoms with Crippen LogP contribution in [-0.4, -0.2) is 59.2 Å². The van der Waals surface area contributed by atoms with E-state index in [0.29, 0.717) is 11.3 Å². The minimum Gasteiger partial charge on any atom is -0.508 e. The van der Waals surface area contributed by atoms with Crippen LogP contribution >= 0.6 is 0 Å². The van der Waals surface area contributed by atoms with Crippen molar-refractivity contribution in [2.75, 3.05) is 26.2 Å². The third-order valence-corrected chi connectivity index (χ3v) is 5.03. The second-order valence-electron chi connectivity index (χ2n) is 7.63. The van der Waals surface area contributed by atoms with Gasteiger partial charge in [-0.25, -0.2) is 0 Å². The first-order valence-electron chi connectivity index (χ1n) is 11.1. The number of piperidine rings is 2. The van der Waals surface area contributed by atoms with Crippen molar-refractivity contribution >= 4 is 12.8 Å². The number of hydrogen-bond donors (Lipinski definition) is 4. The van der Waals surface area contributed by atoms with E-state index in [0.717, 1.165) is 12.8 Å². The molecule has 0 aliphatic carbocycles. The fourth-order valence-electron chi connectivity index (χ4n) is 3.33. The minimum absolute atomic E-state index is 0.181. The van der Waals surface area contributed by atoms with Crippen LogP contribution in [0.15, 0.2) is 48.5 Å². The van der Waals surface area contributed by atoms with Crippen LogP contribution < -0.4 is 5.32 Å². The summed E-state index contributed by atoms with van der Waals surface area (Å²) in [5.41, 5.74) is 1.87. The number of nitrogens with zero attached hydrogens (tertiary/aromatic N) is 1. The van der Waals surface area contributed by atoms with Crippen LogP contribution in [0.4, 0.5) is 0 Å². The van der Waals surface area contributed by atoms with Crippen molar-refractivity contribution in [2.45, 2.75) is 45.1 Å². The summed E-state index contributed by atoms with van der Waals surface area (Å²) in [6, 6.07) is 13.6. The molecule has 4 N–H and O–H groups in total. The number of hydrogen-bond acceptors (Lipinski definition) is 6. The van der Waals surface area contributed by atoms with Gasteiger partial charge in [-0.2, -0.15) is 0 Å². The molecule has 7 heteroatoms. The van der Waals surface area contributed by atoms with Crippen LogP contribution in [-0.2, 0) is 11.3 Å². The number of aldehydes is 1. The Hall–Kier alpha value is -2.90. The van der Waals surface area contributed by atoms with Gasteiger partial charge in [-0.1, -0.05) is 25.0 Å². The molecule has 176 valence electrons. The normalized spacial score (nSPS) is 15.4. The standard InChI is InChI=1S/C12H17NO.C7H6O2.C5H11N.CH2O2/c14-12-6-4-11(5-7-12)10-13-8-2-1-3-9-13;8-5-6-1-3-7(9)4-2-6;1-2-4-6-5-3-1;2-1-3/h4-7,14H,1-3,8-10H2;1-5,9H;6H,1-5H2;1H,(H,2,3). The van der Waals surface area contributed by atoms with Crippen LogP contribution in [0.25, 0.3) is 0 Å². The molecule has 2 saturated heterocycles. The fourth-order valence-corrected chi connectivity index (χ4v) is 3.33. The summed E-state index contributed by atoms with van der Waals surface area (Å²) in [5.74, 6) is 0.535. The highest BCUT2D eigenvalue weighted by Crippen LogP contribution is 2.15. The molecule has 2 aliphatic rings. The first-order chi connectivity index (χ1) is 15.6. The zero-order valence-electron chi connectivity index (χ0n) is 18.7. The van der Waals surface area contributed by atoms with Gasteiger partial charge in [0.15, 0.2) is 0 Å². The second kappa shape index (κ2) is 17.7. The van der Waals surface area contributed by atoms with Crippen LogP contribution in [0.3, 0.4) is 0 Å². The smallest absolute Gasteiger partial charge is 0.290 e. The van der Waals surface area contributed by atoms with Crippen LogP contribution in [0.1, 0.15) is 54.4 Å². The molecular formula is C25H36N2O5. The predicted octanol–water partition coefficient (Wildman–Crippen LogP) is 4.04. The lowest BCUT2D eigenvalue weighted by atomic mass is 10.1. The Balaban J connectivity index is 0.000000244. The van der Waals surface area contributed by atoms with Gasteiger partial charge in [0.05, 0.1) is 0 Å². The predicted molar refractivity (Wildman–Crippen MR) is 126 cm³/mol. The fraction of sp³-hybridized carbons (Fsp3) is 0.440. The van der Waals surface area contributed by atoms with Crippen molar-refractivity contribution in [3.05, 3.63) is 59.7 Å². The highest BCUT2D eigenvalue weighted by Gasteiger charge is 2.09. The average Bonchev–Trinajstić information content (AvgIpc) is 2.84. The molecule has 2 fully saturated rings. The zero-order valence-corrected chi connectivity index (χ0v) is 18.7. The Morgan fingerprint density at radius 3 is 1.62 bits per heavy atom. The molecule has 2 heterocycles. The molecule has 2 aromatic carbocycles. The van der Waals surface area contributed by atoms with Crippen molar-refractivity contribution in [2.24, 2.45) is 0 Å². The van der Waals surface area contributed by atoms with Gasteiger partial charge in [-0.3, -0.25) is 14.5 Å². The summed E-state index contributed by atoms with van der Waals surface area (Å²) in [5, 5.41) is 28.1. The number of carbonyl (C=O) groups excluding carboxylic acids is 1. The van der Waals surface area contributed by atoms with Crippen molar-refractivity contribution in [1.82, 2.24) is 10.2 Å². The van der Waals surface area contributed by atoms with E-state index in [4.69, 9.17) is 20.1 Å². The molecule has 0 saturated carbocycles. The Morgan fingerprint density at radius 1 is 0.750 bits per heavy atom. The van der Waals surface area contributed by atoms with Gasteiger partial charge in [0, 0.05) is 12.1 Å². The molecular weight excluding hydrogens is 408 g/mol. The minimum atomic E-state index is -0.250. The van der Waals surface area contributed by atoms with Gasteiger partial charge >= 0.3 is 0 Å². The summed E-state index contributed by atoms with van der Waals surface area (Å²) >= 11 is 0. The van der Waals surface area contributed by atoms with E-state index >= 15 is 0 Å². The average molecular weight is 445 g/mol. The first kappa shape index (κ1) is 27.1.